The Bertz CT molecular complexity index is 570. The van der Waals surface area contributed by atoms with Gasteiger partial charge in [0.25, 0.3) is 0 Å². The average molecular weight is 398 g/mol. The minimum Gasteiger partial charge on any atom is -0.350 e. The number of likely N-dealkylation sites (N-methyl/N-ethyl adjacent to an activating group) is 1. The summed E-state index contributed by atoms with van der Waals surface area (Å²) >= 11 is 3.50. The second-order valence-electron chi connectivity index (χ2n) is 6.91. The molecule has 0 heterocycles. The third kappa shape index (κ3) is 7.45. The maximum absolute atomic E-state index is 12.3. The molecule has 24 heavy (non-hydrogen) atoms. The van der Waals surface area contributed by atoms with E-state index < -0.39 is 0 Å². The predicted octanol–water partition coefficient (Wildman–Crippen LogP) is 2.86. The van der Waals surface area contributed by atoms with Crippen molar-refractivity contribution in [2.24, 2.45) is 0 Å². The van der Waals surface area contributed by atoms with Gasteiger partial charge in [0.1, 0.15) is 0 Å². The van der Waals surface area contributed by atoms with E-state index in [-0.39, 0.29) is 36.5 Å². The van der Waals surface area contributed by atoms with Crippen LogP contribution in [0.2, 0.25) is 0 Å². The van der Waals surface area contributed by atoms with Gasteiger partial charge >= 0.3 is 0 Å². The fraction of sp³-hybridized carbons (Fsp3) is 0.556. The third-order valence-corrected chi connectivity index (χ3v) is 4.17. The molecule has 2 N–H and O–H groups in total. The highest BCUT2D eigenvalue weighted by molar-refractivity contribution is 9.10. The van der Waals surface area contributed by atoms with E-state index in [0.717, 1.165) is 10.0 Å². The SMILES string of the molecule is CCN(CC(=O)N[C@@H](C)c1ccccc1Br)CC(=O)NC(C)(C)C. The van der Waals surface area contributed by atoms with Crippen molar-refractivity contribution in [3.63, 3.8) is 0 Å². The summed E-state index contributed by atoms with van der Waals surface area (Å²) in [6, 6.07) is 7.71. The van der Waals surface area contributed by atoms with Gasteiger partial charge in [-0.15, -0.1) is 0 Å². The van der Waals surface area contributed by atoms with Crippen LogP contribution in [0.15, 0.2) is 28.7 Å². The molecule has 1 aromatic rings. The Balaban J connectivity index is 2.55. The van der Waals surface area contributed by atoms with Crippen LogP contribution >= 0.6 is 15.9 Å². The first kappa shape index (κ1) is 20.6. The van der Waals surface area contributed by atoms with Crippen LogP contribution in [0, 0.1) is 0 Å². The monoisotopic (exact) mass is 397 g/mol. The number of rotatable bonds is 7. The molecule has 0 unspecified atom stereocenters. The predicted molar refractivity (Wildman–Crippen MR) is 101 cm³/mol. The number of nitrogens with one attached hydrogen (secondary N) is 2. The maximum Gasteiger partial charge on any atom is 0.234 e. The maximum atomic E-state index is 12.3. The Morgan fingerprint density at radius 3 is 2.29 bits per heavy atom. The standard InChI is InChI=1S/C18H28BrN3O2/c1-6-22(12-17(24)21-18(3,4)5)11-16(23)20-13(2)14-9-7-8-10-15(14)19/h7-10,13H,6,11-12H2,1-5H3,(H,20,23)(H,21,24)/t13-/m0/s1. The van der Waals surface area contributed by atoms with Crippen LogP contribution in [0.1, 0.15) is 46.2 Å². The summed E-state index contributed by atoms with van der Waals surface area (Å²) in [5.74, 6) is -0.167. The number of halogens is 1. The van der Waals surface area contributed by atoms with Crippen molar-refractivity contribution in [2.75, 3.05) is 19.6 Å². The van der Waals surface area contributed by atoms with Crippen molar-refractivity contribution in [1.29, 1.82) is 0 Å². The van der Waals surface area contributed by atoms with Crippen LogP contribution in [0.5, 0.6) is 0 Å². The molecule has 2 amide bonds. The van der Waals surface area contributed by atoms with Crippen molar-refractivity contribution in [3.8, 4) is 0 Å². The molecule has 134 valence electrons. The quantitative estimate of drug-likeness (QED) is 0.743. The van der Waals surface area contributed by atoms with E-state index in [1.807, 2.05) is 63.8 Å². The summed E-state index contributed by atoms with van der Waals surface area (Å²) in [6.07, 6.45) is 0. The summed E-state index contributed by atoms with van der Waals surface area (Å²) in [7, 11) is 0. The zero-order valence-corrected chi connectivity index (χ0v) is 16.7. The number of hydrogen-bond donors (Lipinski definition) is 2. The van der Waals surface area contributed by atoms with Crippen LogP contribution in [0.4, 0.5) is 0 Å². The average Bonchev–Trinajstić information content (AvgIpc) is 2.44. The lowest BCUT2D eigenvalue weighted by Gasteiger charge is -2.25. The van der Waals surface area contributed by atoms with Crippen LogP contribution in [-0.2, 0) is 9.59 Å². The van der Waals surface area contributed by atoms with Gasteiger partial charge in [-0.3, -0.25) is 14.5 Å². The van der Waals surface area contributed by atoms with Crippen molar-refractivity contribution in [3.05, 3.63) is 34.3 Å². The van der Waals surface area contributed by atoms with E-state index in [0.29, 0.717) is 6.54 Å². The molecule has 0 bridgehead atoms. The van der Waals surface area contributed by atoms with Crippen LogP contribution < -0.4 is 10.6 Å². The van der Waals surface area contributed by atoms with Gasteiger partial charge in [0.2, 0.25) is 11.8 Å². The Kier molecular flexibility index (Phi) is 7.90. The lowest BCUT2D eigenvalue weighted by atomic mass is 10.1. The van der Waals surface area contributed by atoms with Gasteiger partial charge in [0.05, 0.1) is 19.1 Å². The van der Waals surface area contributed by atoms with Gasteiger partial charge in [-0.1, -0.05) is 41.1 Å². The van der Waals surface area contributed by atoms with Gasteiger partial charge in [-0.25, -0.2) is 0 Å². The van der Waals surface area contributed by atoms with Gasteiger partial charge in [0.15, 0.2) is 0 Å². The van der Waals surface area contributed by atoms with E-state index in [1.54, 1.807) is 0 Å². The fourth-order valence-corrected chi connectivity index (χ4v) is 2.96. The molecule has 5 nitrogen and oxygen atoms in total. The molecule has 0 fully saturated rings. The normalized spacial score (nSPS) is 12.8. The zero-order chi connectivity index (χ0) is 18.3. The fourth-order valence-electron chi connectivity index (χ4n) is 2.33. The molecule has 0 aliphatic rings. The van der Waals surface area contributed by atoms with Crippen LogP contribution in [0.25, 0.3) is 0 Å². The number of carbonyl (C=O) groups excluding carboxylic acids is 2. The van der Waals surface area contributed by atoms with Crippen LogP contribution in [0.3, 0.4) is 0 Å². The van der Waals surface area contributed by atoms with E-state index >= 15 is 0 Å². The third-order valence-electron chi connectivity index (χ3n) is 3.45. The molecule has 0 saturated heterocycles. The zero-order valence-electron chi connectivity index (χ0n) is 15.1. The highest BCUT2D eigenvalue weighted by Crippen LogP contribution is 2.22. The Morgan fingerprint density at radius 1 is 1.17 bits per heavy atom. The molecule has 0 aromatic heterocycles. The van der Waals surface area contributed by atoms with Gasteiger partial charge in [-0.05, 0) is 45.9 Å². The lowest BCUT2D eigenvalue weighted by molar-refractivity contribution is -0.126. The second-order valence-corrected chi connectivity index (χ2v) is 7.77. The Hall–Kier alpha value is -1.40. The number of nitrogens with zero attached hydrogens (tertiary/aromatic N) is 1. The highest BCUT2D eigenvalue weighted by atomic mass is 79.9. The molecule has 0 aliphatic carbocycles. The molecule has 0 aliphatic heterocycles. The molecule has 0 radical (unpaired) electrons. The first-order chi connectivity index (χ1) is 11.1. The summed E-state index contributed by atoms with van der Waals surface area (Å²) in [5, 5.41) is 5.89. The molecule has 1 rings (SSSR count). The van der Waals surface area contributed by atoms with Crippen LogP contribution in [-0.4, -0.2) is 41.9 Å². The molecular weight excluding hydrogens is 370 g/mol. The summed E-state index contributed by atoms with van der Waals surface area (Å²) in [4.78, 5) is 26.1. The molecule has 0 saturated carbocycles. The number of hydrogen-bond acceptors (Lipinski definition) is 3. The van der Waals surface area contributed by atoms with Gasteiger partial charge < -0.3 is 10.6 Å². The van der Waals surface area contributed by atoms with E-state index in [4.69, 9.17) is 0 Å². The minimum absolute atomic E-state index is 0.0731. The van der Waals surface area contributed by atoms with Crippen molar-refractivity contribution >= 4 is 27.7 Å². The Morgan fingerprint density at radius 2 is 1.75 bits per heavy atom. The lowest BCUT2D eigenvalue weighted by Crippen LogP contribution is -2.48. The summed E-state index contributed by atoms with van der Waals surface area (Å²) in [6.45, 7) is 10.7. The van der Waals surface area contributed by atoms with Gasteiger partial charge in [-0.2, -0.15) is 0 Å². The first-order valence-corrected chi connectivity index (χ1v) is 8.99. The summed E-state index contributed by atoms with van der Waals surface area (Å²) < 4.78 is 0.967. The molecule has 6 heteroatoms. The van der Waals surface area contributed by atoms with Gasteiger partial charge in [0, 0.05) is 10.0 Å². The number of carbonyl (C=O) groups is 2. The van der Waals surface area contributed by atoms with E-state index in [9.17, 15) is 9.59 Å². The smallest absolute Gasteiger partial charge is 0.234 e. The minimum atomic E-state index is -0.271. The largest absolute Gasteiger partial charge is 0.350 e. The van der Waals surface area contributed by atoms with E-state index in [2.05, 4.69) is 26.6 Å². The number of benzene rings is 1. The highest BCUT2D eigenvalue weighted by Gasteiger charge is 2.19. The summed E-state index contributed by atoms with van der Waals surface area (Å²) in [5.41, 5.74) is 0.756. The Labute approximate surface area is 153 Å². The van der Waals surface area contributed by atoms with E-state index in [1.165, 1.54) is 0 Å². The van der Waals surface area contributed by atoms with Crippen molar-refractivity contribution in [1.82, 2.24) is 15.5 Å². The molecular formula is C18H28BrN3O2. The molecule has 1 atom stereocenters. The van der Waals surface area contributed by atoms with Crippen molar-refractivity contribution in [2.45, 2.75) is 46.2 Å². The number of amides is 2. The second kappa shape index (κ2) is 9.18. The molecule has 1 aromatic carbocycles. The topological polar surface area (TPSA) is 61.4 Å². The molecule has 0 spiro atoms. The van der Waals surface area contributed by atoms with Crippen molar-refractivity contribution < 1.29 is 9.59 Å². The first-order valence-electron chi connectivity index (χ1n) is 8.19.